The minimum atomic E-state index is 0.529. The van der Waals surface area contributed by atoms with Gasteiger partial charge in [0.1, 0.15) is 0 Å². The van der Waals surface area contributed by atoms with Crippen LogP contribution in [0.4, 0.5) is 0 Å². The fourth-order valence-electron chi connectivity index (χ4n) is 2.86. The van der Waals surface area contributed by atoms with Gasteiger partial charge in [0.25, 0.3) is 0 Å². The van der Waals surface area contributed by atoms with Crippen molar-refractivity contribution in [2.24, 2.45) is 0 Å². The van der Waals surface area contributed by atoms with E-state index in [9.17, 15) is 0 Å². The summed E-state index contributed by atoms with van der Waals surface area (Å²) in [5.74, 6) is 0.529. The molecule has 0 fully saturated rings. The number of benzene rings is 2. The van der Waals surface area contributed by atoms with Crippen LogP contribution < -0.4 is 5.32 Å². The molecule has 0 aliphatic heterocycles. The second kappa shape index (κ2) is 6.71. The molecule has 0 amide bonds. The Morgan fingerprint density at radius 3 is 2.00 bits per heavy atom. The standard InChI is InChI=1S/C19H25N/c1-14-5-7-18(8-6-14)19(13-20-4)12-17-10-15(2)9-16(3)11-17/h5-11,19-20H,12-13H2,1-4H3. The molecule has 2 aromatic rings. The van der Waals surface area contributed by atoms with Gasteiger partial charge in [-0.3, -0.25) is 0 Å². The Hall–Kier alpha value is -1.60. The summed E-state index contributed by atoms with van der Waals surface area (Å²) in [7, 11) is 2.03. The fraction of sp³-hybridized carbons (Fsp3) is 0.368. The van der Waals surface area contributed by atoms with Crippen molar-refractivity contribution in [2.45, 2.75) is 33.1 Å². The van der Waals surface area contributed by atoms with Crippen molar-refractivity contribution in [2.75, 3.05) is 13.6 Å². The minimum absolute atomic E-state index is 0.529. The quantitative estimate of drug-likeness (QED) is 0.858. The summed E-state index contributed by atoms with van der Waals surface area (Å²) in [6.07, 6.45) is 1.09. The number of hydrogen-bond donors (Lipinski definition) is 1. The number of hydrogen-bond acceptors (Lipinski definition) is 1. The molecule has 0 aliphatic carbocycles. The maximum Gasteiger partial charge on any atom is 0.00203 e. The number of aryl methyl sites for hydroxylation is 3. The van der Waals surface area contributed by atoms with Crippen LogP contribution in [0.15, 0.2) is 42.5 Å². The molecule has 106 valence electrons. The SMILES string of the molecule is CNCC(Cc1cc(C)cc(C)c1)c1ccc(C)cc1. The van der Waals surface area contributed by atoms with E-state index in [0.29, 0.717) is 5.92 Å². The number of nitrogens with one attached hydrogen (secondary N) is 1. The first-order valence-corrected chi connectivity index (χ1v) is 7.37. The van der Waals surface area contributed by atoms with Gasteiger partial charge in [0, 0.05) is 12.5 Å². The molecule has 2 aromatic carbocycles. The van der Waals surface area contributed by atoms with Gasteiger partial charge in [-0.1, -0.05) is 59.2 Å². The molecule has 1 atom stereocenters. The van der Waals surface area contributed by atoms with Gasteiger partial charge < -0.3 is 5.32 Å². The van der Waals surface area contributed by atoms with E-state index in [4.69, 9.17) is 0 Å². The third-order valence-electron chi connectivity index (χ3n) is 3.76. The Balaban J connectivity index is 2.22. The Kier molecular flexibility index (Phi) is 4.97. The van der Waals surface area contributed by atoms with Crippen LogP contribution >= 0.6 is 0 Å². The molecule has 20 heavy (non-hydrogen) atoms. The van der Waals surface area contributed by atoms with Crippen LogP contribution in [0.1, 0.15) is 33.7 Å². The maximum absolute atomic E-state index is 3.33. The second-order valence-electron chi connectivity index (χ2n) is 5.87. The molecule has 0 aromatic heterocycles. The van der Waals surface area contributed by atoms with Crippen LogP contribution in [-0.4, -0.2) is 13.6 Å². The molecule has 0 radical (unpaired) electrons. The lowest BCUT2D eigenvalue weighted by molar-refractivity contribution is 0.625. The van der Waals surface area contributed by atoms with E-state index >= 15 is 0 Å². The first-order chi connectivity index (χ1) is 9.58. The molecule has 1 heteroatoms. The van der Waals surface area contributed by atoms with E-state index in [1.54, 1.807) is 0 Å². The molecular weight excluding hydrogens is 242 g/mol. The first-order valence-electron chi connectivity index (χ1n) is 7.37. The average Bonchev–Trinajstić information content (AvgIpc) is 2.38. The summed E-state index contributed by atoms with van der Waals surface area (Å²) in [5.41, 5.74) is 6.88. The molecule has 0 spiro atoms. The minimum Gasteiger partial charge on any atom is -0.319 e. The molecule has 1 N–H and O–H groups in total. The van der Waals surface area contributed by atoms with Crippen molar-refractivity contribution >= 4 is 0 Å². The van der Waals surface area contributed by atoms with Crippen molar-refractivity contribution in [3.63, 3.8) is 0 Å². The van der Waals surface area contributed by atoms with Gasteiger partial charge in [0.15, 0.2) is 0 Å². The van der Waals surface area contributed by atoms with Crippen LogP contribution in [0.25, 0.3) is 0 Å². The normalized spacial score (nSPS) is 12.4. The number of likely N-dealkylation sites (N-methyl/N-ethyl adjacent to an activating group) is 1. The van der Waals surface area contributed by atoms with Gasteiger partial charge in [-0.2, -0.15) is 0 Å². The van der Waals surface area contributed by atoms with Crippen molar-refractivity contribution < 1.29 is 0 Å². The van der Waals surface area contributed by atoms with E-state index < -0.39 is 0 Å². The summed E-state index contributed by atoms with van der Waals surface area (Å²) in [6.45, 7) is 7.50. The van der Waals surface area contributed by atoms with Gasteiger partial charge in [-0.05, 0) is 45.4 Å². The van der Waals surface area contributed by atoms with Crippen LogP contribution in [0, 0.1) is 20.8 Å². The molecule has 1 nitrogen and oxygen atoms in total. The van der Waals surface area contributed by atoms with Crippen molar-refractivity contribution in [3.8, 4) is 0 Å². The van der Waals surface area contributed by atoms with Gasteiger partial charge >= 0.3 is 0 Å². The highest BCUT2D eigenvalue weighted by Crippen LogP contribution is 2.22. The molecule has 0 aliphatic rings. The predicted octanol–water partition coefficient (Wildman–Crippen LogP) is 4.16. The number of rotatable bonds is 5. The van der Waals surface area contributed by atoms with E-state index in [2.05, 4.69) is 68.6 Å². The Morgan fingerprint density at radius 1 is 0.850 bits per heavy atom. The van der Waals surface area contributed by atoms with Crippen LogP contribution in [-0.2, 0) is 6.42 Å². The van der Waals surface area contributed by atoms with Crippen LogP contribution in [0.2, 0.25) is 0 Å². The van der Waals surface area contributed by atoms with Gasteiger partial charge in [-0.25, -0.2) is 0 Å². The molecule has 0 saturated carbocycles. The summed E-state index contributed by atoms with van der Waals surface area (Å²) in [5, 5.41) is 3.33. The Labute approximate surface area is 123 Å². The largest absolute Gasteiger partial charge is 0.319 e. The van der Waals surface area contributed by atoms with Crippen molar-refractivity contribution in [3.05, 3.63) is 70.3 Å². The third kappa shape index (κ3) is 3.94. The van der Waals surface area contributed by atoms with Gasteiger partial charge in [0.2, 0.25) is 0 Å². The Morgan fingerprint density at radius 2 is 1.45 bits per heavy atom. The van der Waals surface area contributed by atoms with Gasteiger partial charge in [-0.15, -0.1) is 0 Å². The zero-order valence-corrected chi connectivity index (χ0v) is 13.0. The molecule has 0 bridgehead atoms. The van der Waals surface area contributed by atoms with Crippen LogP contribution in [0.3, 0.4) is 0 Å². The molecular formula is C19H25N. The third-order valence-corrected chi connectivity index (χ3v) is 3.76. The summed E-state index contributed by atoms with van der Waals surface area (Å²) < 4.78 is 0. The smallest absolute Gasteiger partial charge is 0.00203 e. The molecule has 0 saturated heterocycles. The highest BCUT2D eigenvalue weighted by Gasteiger charge is 2.12. The lowest BCUT2D eigenvalue weighted by atomic mass is 9.90. The van der Waals surface area contributed by atoms with Crippen molar-refractivity contribution in [1.29, 1.82) is 0 Å². The first kappa shape index (κ1) is 14.8. The van der Waals surface area contributed by atoms with E-state index in [1.165, 1.54) is 27.8 Å². The zero-order valence-electron chi connectivity index (χ0n) is 13.0. The lowest BCUT2D eigenvalue weighted by Gasteiger charge is -2.18. The highest BCUT2D eigenvalue weighted by atomic mass is 14.8. The molecule has 2 rings (SSSR count). The average molecular weight is 267 g/mol. The monoisotopic (exact) mass is 267 g/mol. The fourth-order valence-corrected chi connectivity index (χ4v) is 2.86. The van der Waals surface area contributed by atoms with E-state index in [0.717, 1.165) is 13.0 Å². The van der Waals surface area contributed by atoms with Gasteiger partial charge in [0.05, 0.1) is 0 Å². The second-order valence-corrected chi connectivity index (χ2v) is 5.87. The summed E-state index contributed by atoms with van der Waals surface area (Å²) in [6, 6.07) is 15.8. The van der Waals surface area contributed by atoms with Crippen molar-refractivity contribution in [1.82, 2.24) is 5.32 Å². The van der Waals surface area contributed by atoms with E-state index in [1.807, 2.05) is 7.05 Å². The molecule has 0 heterocycles. The topological polar surface area (TPSA) is 12.0 Å². The predicted molar refractivity (Wildman–Crippen MR) is 87.5 cm³/mol. The van der Waals surface area contributed by atoms with E-state index in [-0.39, 0.29) is 0 Å². The summed E-state index contributed by atoms with van der Waals surface area (Å²) >= 11 is 0. The lowest BCUT2D eigenvalue weighted by Crippen LogP contribution is -2.19. The molecule has 1 unspecified atom stereocenters. The highest BCUT2D eigenvalue weighted by molar-refractivity contribution is 5.32. The summed E-state index contributed by atoms with van der Waals surface area (Å²) in [4.78, 5) is 0. The Bertz CT molecular complexity index is 534. The van der Waals surface area contributed by atoms with Crippen LogP contribution in [0.5, 0.6) is 0 Å². The maximum atomic E-state index is 3.33. The zero-order chi connectivity index (χ0) is 14.5.